The molecule has 36 heavy (non-hydrogen) atoms. The summed E-state index contributed by atoms with van der Waals surface area (Å²) in [6, 6.07) is 5.75. The fourth-order valence-corrected chi connectivity index (χ4v) is 4.66. The first-order valence-corrected chi connectivity index (χ1v) is 13.2. The summed E-state index contributed by atoms with van der Waals surface area (Å²) >= 11 is 0. The second-order valence-corrected chi connectivity index (χ2v) is 11.2. The number of aliphatic hydroxyl groups is 1. The second-order valence-electron chi connectivity index (χ2n) is 11.2. The first-order valence-electron chi connectivity index (χ1n) is 13.2. The molecule has 0 aliphatic heterocycles. The van der Waals surface area contributed by atoms with Gasteiger partial charge in [0, 0.05) is 12.6 Å². The molecule has 3 amide bonds. The Balaban J connectivity index is 2.41. The number of rotatable bonds is 10. The van der Waals surface area contributed by atoms with Crippen molar-refractivity contribution in [3.8, 4) is 0 Å². The van der Waals surface area contributed by atoms with Gasteiger partial charge < -0.3 is 25.4 Å². The lowest BCUT2D eigenvalue weighted by Gasteiger charge is -2.35. The van der Waals surface area contributed by atoms with E-state index in [1.165, 1.54) is 4.90 Å². The van der Waals surface area contributed by atoms with Gasteiger partial charge in [-0.1, -0.05) is 62.9 Å². The van der Waals surface area contributed by atoms with E-state index in [1.54, 1.807) is 20.8 Å². The third-order valence-corrected chi connectivity index (χ3v) is 6.19. The van der Waals surface area contributed by atoms with Gasteiger partial charge in [-0.25, -0.2) is 4.79 Å². The second kappa shape index (κ2) is 13.6. The zero-order valence-corrected chi connectivity index (χ0v) is 22.8. The lowest BCUT2D eigenvalue weighted by molar-refractivity contribution is -0.143. The van der Waals surface area contributed by atoms with E-state index in [1.807, 2.05) is 45.0 Å². The Bertz CT molecular complexity index is 874. The van der Waals surface area contributed by atoms with Gasteiger partial charge >= 0.3 is 6.09 Å². The molecule has 2 rings (SSSR count). The van der Waals surface area contributed by atoms with Crippen molar-refractivity contribution in [2.75, 3.05) is 13.2 Å². The van der Waals surface area contributed by atoms with Crippen molar-refractivity contribution in [2.45, 2.75) is 104 Å². The lowest BCUT2D eigenvalue weighted by Crippen LogP contribution is -2.54. The molecule has 1 aliphatic carbocycles. The SMILES string of the molecule is Cc1cccc(C(C(=O)NC2CCCCC2)N(CCO)C(=O)C(CC(C)C)NC(=O)OC(C)(C)C)c1. The fraction of sp³-hybridized carbons (Fsp3) is 0.679. The number of nitrogens with one attached hydrogen (secondary N) is 2. The highest BCUT2D eigenvalue weighted by Gasteiger charge is 2.37. The van der Waals surface area contributed by atoms with Gasteiger partial charge in [-0.15, -0.1) is 0 Å². The highest BCUT2D eigenvalue weighted by atomic mass is 16.6. The van der Waals surface area contributed by atoms with Crippen LogP contribution in [0.25, 0.3) is 0 Å². The Morgan fingerprint density at radius 3 is 2.36 bits per heavy atom. The number of nitrogens with zero attached hydrogens (tertiary/aromatic N) is 1. The zero-order chi connectivity index (χ0) is 26.9. The summed E-state index contributed by atoms with van der Waals surface area (Å²) in [6.45, 7) is 10.8. The predicted molar refractivity (Wildman–Crippen MR) is 140 cm³/mol. The standard InChI is InChI=1S/C28H45N3O5/c1-19(2)17-23(30-27(35)36-28(4,5)6)26(34)31(15-16-32)24(21-12-10-11-20(3)18-21)25(33)29-22-13-8-7-9-14-22/h10-12,18-19,22-24,32H,7-9,13-17H2,1-6H3,(H,29,33)(H,30,35). The molecule has 0 aromatic heterocycles. The number of amides is 3. The quantitative estimate of drug-likeness (QED) is 0.443. The van der Waals surface area contributed by atoms with Gasteiger partial charge in [0.15, 0.2) is 0 Å². The summed E-state index contributed by atoms with van der Waals surface area (Å²) in [5, 5.41) is 15.8. The molecular formula is C28H45N3O5. The van der Waals surface area contributed by atoms with Crippen molar-refractivity contribution in [3.63, 3.8) is 0 Å². The van der Waals surface area contributed by atoms with E-state index in [0.29, 0.717) is 12.0 Å². The van der Waals surface area contributed by atoms with Gasteiger partial charge in [-0.2, -0.15) is 0 Å². The molecule has 1 aromatic carbocycles. The number of carbonyl (C=O) groups excluding carboxylic acids is 3. The topological polar surface area (TPSA) is 108 Å². The number of ether oxygens (including phenoxy) is 1. The molecule has 8 nitrogen and oxygen atoms in total. The van der Waals surface area contributed by atoms with Crippen LogP contribution in [0.4, 0.5) is 4.79 Å². The van der Waals surface area contributed by atoms with Gasteiger partial charge in [-0.05, 0) is 58.4 Å². The van der Waals surface area contributed by atoms with Gasteiger partial charge in [-0.3, -0.25) is 9.59 Å². The highest BCUT2D eigenvalue weighted by Crippen LogP contribution is 2.26. The molecule has 2 atom stereocenters. The van der Waals surface area contributed by atoms with E-state index in [9.17, 15) is 19.5 Å². The monoisotopic (exact) mass is 503 g/mol. The molecule has 2 unspecified atom stereocenters. The van der Waals surface area contributed by atoms with Gasteiger partial charge in [0.1, 0.15) is 17.7 Å². The third kappa shape index (κ3) is 9.45. The van der Waals surface area contributed by atoms with Crippen LogP contribution in [-0.4, -0.2) is 58.8 Å². The minimum absolute atomic E-state index is 0.0415. The Labute approximate surface area is 216 Å². The van der Waals surface area contributed by atoms with Crippen molar-refractivity contribution >= 4 is 17.9 Å². The Kier molecular flexibility index (Phi) is 11.2. The largest absolute Gasteiger partial charge is 0.444 e. The van der Waals surface area contributed by atoms with Crippen LogP contribution in [0.3, 0.4) is 0 Å². The minimum atomic E-state index is -0.929. The van der Waals surface area contributed by atoms with E-state index in [2.05, 4.69) is 10.6 Å². The molecule has 1 aromatic rings. The average molecular weight is 504 g/mol. The first-order chi connectivity index (χ1) is 16.9. The number of aliphatic hydroxyl groups excluding tert-OH is 1. The summed E-state index contributed by atoms with van der Waals surface area (Å²) in [5.41, 5.74) is 0.917. The molecule has 3 N–H and O–H groups in total. The molecule has 1 saturated carbocycles. The molecule has 0 bridgehead atoms. The lowest BCUT2D eigenvalue weighted by atomic mass is 9.94. The zero-order valence-electron chi connectivity index (χ0n) is 22.8. The summed E-state index contributed by atoms with van der Waals surface area (Å²) in [6.07, 6.45) is 4.79. The van der Waals surface area contributed by atoms with Crippen molar-refractivity contribution in [1.82, 2.24) is 15.5 Å². The van der Waals surface area contributed by atoms with Crippen molar-refractivity contribution in [1.29, 1.82) is 0 Å². The molecule has 0 saturated heterocycles. The van der Waals surface area contributed by atoms with Crippen LogP contribution < -0.4 is 10.6 Å². The number of alkyl carbamates (subject to hydrolysis) is 1. The normalized spacial score (nSPS) is 16.2. The average Bonchev–Trinajstić information content (AvgIpc) is 2.77. The summed E-state index contributed by atoms with van der Waals surface area (Å²) in [4.78, 5) is 41.6. The van der Waals surface area contributed by atoms with Gasteiger partial charge in [0.05, 0.1) is 6.61 Å². The van der Waals surface area contributed by atoms with E-state index >= 15 is 0 Å². The maximum atomic E-state index is 13.9. The van der Waals surface area contributed by atoms with Gasteiger partial charge in [0.2, 0.25) is 11.8 Å². The highest BCUT2D eigenvalue weighted by molar-refractivity contribution is 5.92. The number of hydrogen-bond donors (Lipinski definition) is 3. The molecular weight excluding hydrogens is 458 g/mol. The van der Waals surface area contributed by atoms with E-state index in [0.717, 1.165) is 37.7 Å². The van der Waals surface area contributed by atoms with Crippen LogP contribution in [0.1, 0.15) is 90.3 Å². The molecule has 0 heterocycles. The Hall–Kier alpha value is -2.61. The predicted octanol–water partition coefficient (Wildman–Crippen LogP) is 4.25. The number of benzene rings is 1. The van der Waals surface area contributed by atoms with Crippen LogP contribution in [-0.2, 0) is 14.3 Å². The molecule has 8 heteroatoms. The van der Waals surface area contributed by atoms with Crippen molar-refractivity contribution < 1.29 is 24.2 Å². The Morgan fingerprint density at radius 2 is 1.81 bits per heavy atom. The summed E-state index contributed by atoms with van der Waals surface area (Å²) in [7, 11) is 0. The van der Waals surface area contributed by atoms with Crippen LogP contribution in [0.15, 0.2) is 24.3 Å². The van der Waals surface area contributed by atoms with E-state index in [-0.39, 0.29) is 31.0 Å². The number of hydrogen-bond acceptors (Lipinski definition) is 5. The summed E-state index contributed by atoms with van der Waals surface area (Å²) < 4.78 is 5.40. The van der Waals surface area contributed by atoms with Crippen molar-refractivity contribution in [2.24, 2.45) is 5.92 Å². The van der Waals surface area contributed by atoms with E-state index < -0.39 is 29.7 Å². The number of carbonyl (C=O) groups is 3. The van der Waals surface area contributed by atoms with Crippen LogP contribution in [0.2, 0.25) is 0 Å². The maximum Gasteiger partial charge on any atom is 0.408 e. The molecule has 1 aliphatic rings. The minimum Gasteiger partial charge on any atom is -0.444 e. The van der Waals surface area contributed by atoms with Gasteiger partial charge in [0.25, 0.3) is 0 Å². The summed E-state index contributed by atoms with van der Waals surface area (Å²) in [5.74, 6) is -0.595. The van der Waals surface area contributed by atoms with Crippen LogP contribution >= 0.6 is 0 Å². The third-order valence-electron chi connectivity index (χ3n) is 6.19. The first kappa shape index (κ1) is 29.6. The Morgan fingerprint density at radius 1 is 1.14 bits per heavy atom. The van der Waals surface area contributed by atoms with E-state index in [4.69, 9.17) is 4.74 Å². The van der Waals surface area contributed by atoms with Crippen LogP contribution in [0.5, 0.6) is 0 Å². The molecule has 202 valence electrons. The van der Waals surface area contributed by atoms with Crippen LogP contribution in [0, 0.1) is 12.8 Å². The molecule has 0 radical (unpaired) electrons. The molecule has 1 fully saturated rings. The number of aryl methyl sites for hydroxylation is 1. The van der Waals surface area contributed by atoms with Crippen molar-refractivity contribution in [3.05, 3.63) is 35.4 Å². The molecule has 0 spiro atoms. The fourth-order valence-electron chi connectivity index (χ4n) is 4.66. The smallest absolute Gasteiger partial charge is 0.408 e. The maximum absolute atomic E-state index is 13.9.